The van der Waals surface area contributed by atoms with Crippen LogP contribution in [-0.2, 0) is 0 Å². The summed E-state index contributed by atoms with van der Waals surface area (Å²) in [6.45, 7) is 4.03. The van der Waals surface area contributed by atoms with Crippen LogP contribution in [0.1, 0.15) is 16.8 Å². The molecule has 4 heteroatoms. The Balaban J connectivity index is 2.03. The SMILES string of the molecule is Cc1csc(N/N=C\c2ccccc2C)n1. The number of rotatable bonds is 3. The molecule has 0 bridgehead atoms. The van der Waals surface area contributed by atoms with Crippen molar-refractivity contribution in [1.82, 2.24) is 4.98 Å². The van der Waals surface area contributed by atoms with E-state index in [2.05, 4.69) is 28.5 Å². The molecule has 16 heavy (non-hydrogen) atoms. The number of aryl methyl sites for hydroxylation is 2. The molecule has 2 aromatic rings. The highest BCUT2D eigenvalue weighted by Gasteiger charge is 1.95. The molecule has 3 nitrogen and oxygen atoms in total. The quantitative estimate of drug-likeness (QED) is 0.650. The van der Waals surface area contributed by atoms with E-state index in [1.165, 1.54) is 5.56 Å². The van der Waals surface area contributed by atoms with E-state index in [1.54, 1.807) is 11.3 Å². The van der Waals surface area contributed by atoms with Gasteiger partial charge in [-0.3, -0.25) is 5.43 Å². The van der Waals surface area contributed by atoms with Crippen molar-refractivity contribution >= 4 is 22.7 Å². The van der Waals surface area contributed by atoms with E-state index in [9.17, 15) is 0 Å². The molecule has 0 radical (unpaired) electrons. The number of anilines is 1. The fourth-order valence-electron chi connectivity index (χ4n) is 1.29. The Morgan fingerprint density at radius 1 is 1.31 bits per heavy atom. The van der Waals surface area contributed by atoms with Crippen LogP contribution in [0.3, 0.4) is 0 Å². The zero-order valence-corrected chi connectivity index (χ0v) is 10.1. The van der Waals surface area contributed by atoms with Crippen LogP contribution in [0.25, 0.3) is 0 Å². The minimum Gasteiger partial charge on any atom is -0.253 e. The molecule has 82 valence electrons. The summed E-state index contributed by atoms with van der Waals surface area (Å²) in [6, 6.07) is 8.12. The lowest BCUT2D eigenvalue weighted by atomic mass is 10.1. The predicted octanol–water partition coefficient (Wildman–Crippen LogP) is 3.21. The van der Waals surface area contributed by atoms with Gasteiger partial charge in [-0.15, -0.1) is 11.3 Å². The van der Waals surface area contributed by atoms with Crippen LogP contribution in [0, 0.1) is 13.8 Å². The number of nitrogens with zero attached hydrogens (tertiary/aromatic N) is 2. The molecule has 1 N–H and O–H groups in total. The molecule has 0 saturated heterocycles. The maximum Gasteiger partial charge on any atom is 0.203 e. The van der Waals surface area contributed by atoms with Gasteiger partial charge in [-0.2, -0.15) is 5.10 Å². The molecule has 1 aromatic carbocycles. The summed E-state index contributed by atoms with van der Waals surface area (Å²) >= 11 is 1.55. The molecule has 0 aliphatic heterocycles. The maximum absolute atomic E-state index is 4.26. The van der Waals surface area contributed by atoms with Crippen LogP contribution in [0.5, 0.6) is 0 Å². The van der Waals surface area contributed by atoms with Crippen molar-refractivity contribution in [2.45, 2.75) is 13.8 Å². The van der Waals surface area contributed by atoms with Crippen LogP contribution in [0.15, 0.2) is 34.7 Å². The Bertz CT molecular complexity index is 502. The number of nitrogens with one attached hydrogen (secondary N) is 1. The van der Waals surface area contributed by atoms with Gasteiger partial charge in [-0.25, -0.2) is 4.98 Å². The second-order valence-electron chi connectivity index (χ2n) is 3.52. The number of hydrogen-bond acceptors (Lipinski definition) is 4. The van der Waals surface area contributed by atoms with E-state index in [1.807, 2.05) is 36.7 Å². The average Bonchev–Trinajstić information content (AvgIpc) is 2.67. The lowest BCUT2D eigenvalue weighted by Gasteiger charge is -1.97. The van der Waals surface area contributed by atoms with Crippen LogP contribution < -0.4 is 5.43 Å². The Labute approximate surface area is 98.9 Å². The van der Waals surface area contributed by atoms with Crippen LogP contribution in [-0.4, -0.2) is 11.2 Å². The van der Waals surface area contributed by atoms with Gasteiger partial charge in [0.05, 0.1) is 11.9 Å². The van der Waals surface area contributed by atoms with Crippen LogP contribution >= 0.6 is 11.3 Å². The maximum atomic E-state index is 4.26. The third kappa shape index (κ3) is 2.67. The van der Waals surface area contributed by atoms with E-state index in [0.29, 0.717) is 0 Å². The van der Waals surface area contributed by atoms with Gasteiger partial charge in [0.1, 0.15) is 0 Å². The van der Waals surface area contributed by atoms with Crippen molar-refractivity contribution in [3.05, 3.63) is 46.5 Å². The smallest absolute Gasteiger partial charge is 0.203 e. The number of benzene rings is 1. The summed E-state index contributed by atoms with van der Waals surface area (Å²) in [7, 11) is 0. The summed E-state index contributed by atoms with van der Waals surface area (Å²) in [5, 5.41) is 6.97. The molecule has 1 heterocycles. The molecule has 0 saturated carbocycles. The van der Waals surface area contributed by atoms with Gasteiger partial charge in [0.15, 0.2) is 0 Å². The number of thiazole rings is 1. The highest BCUT2D eigenvalue weighted by molar-refractivity contribution is 7.13. The second-order valence-corrected chi connectivity index (χ2v) is 4.38. The number of hydrazone groups is 1. The first-order valence-corrected chi connectivity index (χ1v) is 5.90. The van der Waals surface area contributed by atoms with E-state index in [4.69, 9.17) is 0 Å². The minimum atomic E-state index is 0.822. The Morgan fingerprint density at radius 3 is 2.81 bits per heavy atom. The molecule has 0 unspecified atom stereocenters. The van der Waals surface area contributed by atoms with Gasteiger partial charge < -0.3 is 0 Å². The standard InChI is InChI=1S/C12H13N3S/c1-9-5-3-4-6-11(9)7-13-15-12-14-10(2)8-16-12/h3-8H,1-2H3,(H,14,15)/b13-7-. The molecule has 0 atom stereocenters. The number of aromatic nitrogens is 1. The molecule has 0 aliphatic carbocycles. The second kappa shape index (κ2) is 4.90. The molecule has 1 aromatic heterocycles. The lowest BCUT2D eigenvalue weighted by molar-refractivity contribution is 1.22. The molecule has 0 aliphatic rings. The largest absolute Gasteiger partial charge is 0.253 e. The van der Waals surface area contributed by atoms with E-state index < -0.39 is 0 Å². The predicted molar refractivity (Wildman–Crippen MR) is 69.2 cm³/mol. The topological polar surface area (TPSA) is 37.3 Å². The molecule has 0 fully saturated rings. The van der Waals surface area contributed by atoms with Crippen molar-refractivity contribution in [2.24, 2.45) is 5.10 Å². The summed E-state index contributed by atoms with van der Waals surface area (Å²) in [5.74, 6) is 0. The summed E-state index contributed by atoms with van der Waals surface area (Å²) in [4.78, 5) is 4.26. The summed E-state index contributed by atoms with van der Waals surface area (Å²) in [6.07, 6.45) is 1.81. The third-order valence-electron chi connectivity index (χ3n) is 2.17. The van der Waals surface area contributed by atoms with Crippen LogP contribution in [0.2, 0.25) is 0 Å². The van der Waals surface area contributed by atoms with Crippen molar-refractivity contribution < 1.29 is 0 Å². The van der Waals surface area contributed by atoms with Crippen molar-refractivity contribution in [2.75, 3.05) is 5.43 Å². The van der Waals surface area contributed by atoms with Gasteiger partial charge in [0.2, 0.25) is 5.13 Å². The van der Waals surface area contributed by atoms with Gasteiger partial charge in [-0.1, -0.05) is 24.3 Å². The average molecular weight is 231 g/mol. The first-order chi connectivity index (χ1) is 7.75. The Morgan fingerprint density at radius 2 is 2.12 bits per heavy atom. The first-order valence-electron chi connectivity index (χ1n) is 5.02. The number of hydrogen-bond donors (Lipinski definition) is 1. The Kier molecular flexibility index (Phi) is 3.31. The monoisotopic (exact) mass is 231 g/mol. The van der Waals surface area contributed by atoms with Gasteiger partial charge in [0.25, 0.3) is 0 Å². The highest BCUT2D eigenvalue weighted by atomic mass is 32.1. The molecule has 0 amide bonds. The van der Waals surface area contributed by atoms with Crippen molar-refractivity contribution in [3.8, 4) is 0 Å². The van der Waals surface area contributed by atoms with Crippen molar-refractivity contribution in [1.29, 1.82) is 0 Å². The normalized spacial score (nSPS) is 10.9. The fourth-order valence-corrected chi connectivity index (χ4v) is 1.93. The van der Waals surface area contributed by atoms with Crippen LogP contribution in [0.4, 0.5) is 5.13 Å². The summed E-state index contributed by atoms with van der Waals surface area (Å²) in [5.41, 5.74) is 6.26. The lowest BCUT2D eigenvalue weighted by Crippen LogP contribution is -1.91. The van der Waals surface area contributed by atoms with Gasteiger partial charge in [0, 0.05) is 5.38 Å². The minimum absolute atomic E-state index is 0.822. The highest BCUT2D eigenvalue weighted by Crippen LogP contribution is 2.14. The zero-order chi connectivity index (χ0) is 11.4. The third-order valence-corrected chi connectivity index (χ3v) is 3.04. The van der Waals surface area contributed by atoms with E-state index in [0.717, 1.165) is 16.4 Å². The zero-order valence-electron chi connectivity index (χ0n) is 9.27. The molecular weight excluding hydrogens is 218 g/mol. The van der Waals surface area contributed by atoms with E-state index in [-0.39, 0.29) is 0 Å². The first kappa shape index (κ1) is 10.8. The molecule has 0 spiro atoms. The van der Waals surface area contributed by atoms with E-state index >= 15 is 0 Å². The molecular formula is C12H13N3S. The van der Waals surface area contributed by atoms with Crippen molar-refractivity contribution in [3.63, 3.8) is 0 Å². The fraction of sp³-hybridized carbons (Fsp3) is 0.167. The summed E-state index contributed by atoms with van der Waals surface area (Å²) < 4.78 is 0. The van der Waals surface area contributed by atoms with Gasteiger partial charge in [-0.05, 0) is 25.0 Å². The van der Waals surface area contributed by atoms with Gasteiger partial charge >= 0.3 is 0 Å². The Hall–Kier alpha value is -1.68. The molecule has 2 rings (SSSR count).